The molecule has 194 valence electrons. The van der Waals surface area contributed by atoms with Gasteiger partial charge in [0, 0.05) is 52.2 Å². The second-order valence-electron chi connectivity index (χ2n) is 9.07. The van der Waals surface area contributed by atoms with Crippen molar-refractivity contribution < 1.29 is 22.7 Å². The quantitative estimate of drug-likeness (QED) is 0.549. The minimum Gasteiger partial charge on any atom is -0.378 e. The summed E-state index contributed by atoms with van der Waals surface area (Å²) in [4.78, 5) is 41.0. The summed E-state index contributed by atoms with van der Waals surface area (Å²) in [7, 11) is 4.40. The number of alkyl halides is 3. The van der Waals surface area contributed by atoms with Crippen LogP contribution in [-0.2, 0) is 24.6 Å². The molecule has 1 aliphatic heterocycles. The average Bonchev–Trinajstić information content (AvgIpc) is 3.22. The number of ether oxygens (including phenoxy) is 1. The number of nitrogens with one attached hydrogen (secondary N) is 2. The maximum Gasteiger partial charge on any atom is 0.417 e. The van der Waals surface area contributed by atoms with Crippen LogP contribution in [0.4, 0.5) is 29.5 Å². The van der Waals surface area contributed by atoms with Crippen molar-refractivity contribution in [3.05, 3.63) is 46.1 Å². The van der Waals surface area contributed by atoms with Crippen LogP contribution in [0.2, 0.25) is 0 Å². The van der Waals surface area contributed by atoms with E-state index >= 15 is 0 Å². The van der Waals surface area contributed by atoms with Crippen molar-refractivity contribution in [3.63, 3.8) is 0 Å². The van der Waals surface area contributed by atoms with E-state index in [-0.39, 0.29) is 12.0 Å². The molecule has 0 aliphatic carbocycles. The minimum absolute atomic E-state index is 0.0200. The van der Waals surface area contributed by atoms with E-state index in [9.17, 15) is 22.8 Å². The van der Waals surface area contributed by atoms with Gasteiger partial charge in [0.05, 0.1) is 18.4 Å². The number of piperidine rings is 1. The molecule has 0 unspecified atom stereocenters. The zero-order valence-electron chi connectivity index (χ0n) is 20.4. The number of carbonyl (C=O) groups is 1. The lowest BCUT2D eigenvalue weighted by atomic mass is 9.93. The highest BCUT2D eigenvalue weighted by molar-refractivity contribution is 5.89. The number of aromatic amines is 1. The highest BCUT2D eigenvalue weighted by Crippen LogP contribution is 2.30. The summed E-state index contributed by atoms with van der Waals surface area (Å²) >= 11 is 0. The van der Waals surface area contributed by atoms with Crippen molar-refractivity contribution in [1.82, 2.24) is 24.4 Å². The molecule has 1 saturated heterocycles. The highest BCUT2D eigenvalue weighted by atomic mass is 19.4. The number of carbonyl (C=O) groups excluding carboxylic acids is 1. The molecule has 0 aromatic carbocycles. The van der Waals surface area contributed by atoms with Gasteiger partial charge in [-0.1, -0.05) is 6.92 Å². The molecule has 2 amide bonds. The molecule has 4 heterocycles. The number of amides is 2. The number of rotatable bonds is 5. The molecule has 36 heavy (non-hydrogen) atoms. The monoisotopic (exact) mass is 507 g/mol. The lowest BCUT2D eigenvalue weighted by Gasteiger charge is -2.41. The molecule has 2 N–H and O–H groups in total. The Labute approximate surface area is 205 Å². The third kappa shape index (κ3) is 5.15. The molecule has 0 radical (unpaired) electrons. The summed E-state index contributed by atoms with van der Waals surface area (Å²) in [6, 6.07) is 1.72. The lowest BCUT2D eigenvalue weighted by Crippen LogP contribution is -2.52. The lowest BCUT2D eigenvalue weighted by molar-refractivity contribution is -0.138. The first-order chi connectivity index (χ1) is 17.0. The third-order valence-corrected chi connectivity index (χ3v) is 6.43. The number of fused-ring (bicyclic) bond motifs is 1. The zero-order chi connectivity index (χ0) is 26.2. The summed E-state index contributed by atoms with van der Waals surface area (Å²) < 4.78 is 45.4. The second kappa shape index (κ2) is 9.80. The Bertz CT molecular complexity index is 1320. The molecule has 1 fully saturated rings. The Morgan fingerprint density at radius 3 is 2.78 bits per heavy atom. The average molecular weight is 508 g/mol. The second-order valence-corrected chi connectivity index (χ2v) is 9.07. The van der Waals surface area contributed by atoms with Gasteiger partial charge in [-0.3, -0.25) is 4.79 Å². The van der Waals surface area contributed by atoms with E-state index in [0.29, 0.717) is 44.0 Å². The number of halogens is 3. The highest BCUT2D eigenvalue weighted by Gasteiger charge is 2.34. The van der Waals surface area contributed by atoms with Gasteiger partial charge in [0.1, 0.15) is 17.0 Å². The fourth-order valence-electron chi connectivity index (χ4n) is 4.56. The van der Waals surface area contributed by atoms with Crippen molar-refractivity contribution in [2.24, 2.45) is 13.0 Å². The number of hydrogen-bond acceptors (Lipinski definition) is 6. The number of methoxy groups -OCH3 is 1. The van der Waals surface area contributed by atoms with Crippen LogP contribution in [0.5, 0.6) is 0 Å². The Morgan fingerprint density at radius 1 is 1.36 bits per heavy atom. The molecule has 3 aromatic heterocycles. The Kier molecular flexibility index (Phi) is 6.94. The van der Waals surface area contributed by atoms with Gasteiger partial charge in [0.25, 0.3) is 5.56 Å². The van der Waals surface area contributed by atoms with Crippen LogP contribution in [0.25, 0.3) is 11.2 Å². The maximum atomic E-state index is 13.2. The van der Waals surface area contributed by atoms with Crippen LogP contribution in [0.3, 0.4) is 0 Å². The van der Waals surface area contributed by atoms with E-state index in [4.69, 9.17) is 9.72 Å². The van der Waals surface area contributed by atoms with Crippen LogP contribution in [0.15, 0.2) is 29.3 Å². The summed E-state index contributed by atoms with van der Waals surface area (Å²) in [5, 5.41) is 2.36. The molecule has 0 saturated carbocycles. The fraction of sp³-hybridized carbons (Fsp3) is 0.478. The maximum absolute atomic E-state index is 13.2. The van der Waals surface area contributed by atoms with Crippen LogP contribution >= 0.6 is 0 Å². The van der Waals surface area contributed by atoms with E-state index in [1.807, 2.05) is 13.0 Å². The third-order valence-electron chi connectivity index (χ3n) is 6.43. The normalized spacial score (nSPS) is 18.5. The first kappa shape index (κ1) is 25.5. The van der Waals surface area contributed by atoms with Gasteiger partial charge in [-0.2, -0.15) is 13.2 Å². The summed E-state index contributed by atoms with van der Waals surface area (Å²) in [5.41, 5.74) is 0.121. The van der Waals surface area contributed by atoms with Crippen molar-refractivity contribution in [3.8, 4) is 0 Å². The Balaban J connectivity index is 1.44. The number of urea groups is 1. The van der Waals surface area contributed by atoms with Crippen molar-refractivity contribution in [1.29, 1.82) is 0 Å². The number of aryl methyl sites for hydroxylation is 1. The molecule has 0 bridgehead atoms. The van der Waals surface area contributed by atoms with Crippen LogP contribution in [-0.4, -0.2) is 63.7 Å². The molecular formula is C23H28F3N7O3. The molecule has 13 heteroatoms. The van der Waals surface area contributed by atoms with Gasteiger partial charge in [-0.15, -0.1) is 0 Å². The molecule has 3 aromatic rings. The van der Waals surface area contributed by atoms with E-state index in [0.717, 1.165) is 21.6 Å². The Hall–Kier alpha value is -3.61. The largest absolute Gasteiger partial charge is 0.417 e. The topological polar surface area (TPSA) is 108 Å². The number of anilines is 2. The SMILES string of the molecule is COCc1cc2nc(N3CC[C@@H](N(C)C(=O)Nc4cc(C(F)(F)F)cn(C)c4=O)[C@@H](C)C3)cnc2[nH]1. The number of aromatic nitrogens is 4. The van der Waals surface area contributed by atoms with Crippen LogP contribution < -0.4 is 15.8 Å². The molecule has 1 aliphatic rings. The zero-order valence-corrected chi connectivity index (χ0v) is 20.4. The van der Waals surface area contributed by atoms with E-state index in [1.165, 1.54) is 11.9 Å². The van der Waals surface area contributed by atoms with Crippen LogP contribution in [0, 0.1) is 5.92 Å². The van der Waals surface area contributed by atoms with Gasteiger partial charge in [-0.05, 0) is 24.5 Å². The van der Waals surface area contributed by atoms with Gasteiger partial charge in [0.2, 0.25) is 0 Å². The van der Waals surface area contributed by atoms with Crippen molar-refractivity contribution in [2.45, 2.75) is 32.2 Å². The molecule has 4 rings (SSSR count). The van der Waals surface area contributed by atoms with Gasteiger partial charge >= 0.3 is 12.2 Å². The van der Waals surface area contributed by atoms with Gasteiger partial charge in [-0.25, -0.2) is 14.8 Å². The first-order valence-corrected chi connectivity index (χ1v) is 11.4. The number of H-pyrrole nitrogens is 1. The predicted octanol–water partition coefficient (Wildman–Crippen LogP) is 3.20. The predicted molar refractivity (Wildman–Crippen MR) is 128 cm³/mol. The summed E-state index contributed by atoms with van der Waals surface area (Å²) in [6.07, 6.45) is -1.64. The first-order valence-electron chi connectivity index (χ1n) is 11.4. The van der Waals surface area contributed by atoms with Gasteiger partial charge in [0.15, 0.2) is 5.65 Å². The smallest absolute Gasteiger partial charge is 0.378 e. The minimum atomic E-state index is -4.64. The van der Waals surface area contributed by atoms with Gasteiger partial charge < -0.3 is 29.4 Å². The van der Waals surface area contributed by atoms with Crippen molar-refractivity contribution >= 4 is 28.7 Å². The molecular weight excluding hydrogens is 479 g/mol. The van der Waals surface area contributed by atoms with Crippen LogP contribution in [0.1, 0.15) is 24.6 Å². The fourth-order valence-corrected chi connectivity index (χ4v) is 4.56. The molecule has 10 nitrogen and oxygen atoms in total. The standard InChI is InChI=1S/C23H28F3N7O3/c1-13-10-33(19-9-27-20-16(29-19)8-15(28-20)12-36-4)6-5-18(13)32(3)22(35)30-17-7-14(23(24,25)26)11-31(2)21(17)34/h7-9,11,13,18H,5-6,10,12H2,1-4H3,(H,27,28)(H,30,35)/t13-,18+/m0/s1. The molecule has 0 spiro atoms. The summed E-state index contributed by atoms with van der Waals surface area (Å²) in [6.45, 7) is 3.62. The van der Waals surface area contributed by atoms with E-state index in [1.54, 1.807) is 20.4 Å². The Morgan fingerprint density at radius 2 is 2.11 bits per heavy atom. The number of nitrogens with zero attached hydrogens (tertiary/aromatic N) is 5. The molecule has 2 atom stereocenters. The summed E-state index contributed by atoms with van der Waals surface area (Å²) in [5.74, 6) is 0.738. The van der Waals surface area contributed by atoms with Crippen molar-refractivity contribution in [2.75, 3.05) is 37.5 Å². The number of hydrogen-bond donors (Lipinski definition) is 2. The van der Waals surface area contributed by atoms with E-state index in [2.05, 4.69) is 20.2 Å². The van der Waals surface area contributed by atoms with E-state index < -0.39 is 29.0 Å². The number of pyridine rings is 1.